The molecule has 2 amide bonds. The Labute approximate surface area is 215 Å². The van der Waals surface area contributed by atoms with E-state index in [1.165, 1.54) is 23.1 Å². The number of hydrogen-bond donors (Lipinski definition) is 3. The van der Waals surface area contributed by atoms with Crippen LogP contribution >= 0.6 is 0 Å². The van der Waals surface area contributed by atoms with E-state index < -0.39 is 27.5 Å². The van der Waals surface area contributed by atoms with Crippen molar-refractivity contribution in [3.05, 3.63) is 83.7 Å². The maximum Gasteiger partial charge on any atom is 0.313 e. The molecule has 37 heavy (non-hydrogen) atoms. The number of benzene rings is 3. The van der Waals surface area contributed by atoms with Crippen LogP contribution in [0.15, 0.2) is 71.6 Å². The number of sulfone groups is 1. The molecule has 0 aromatic heterocycles. The second-order valence-electron chi connectivity index (χ2n) is 9.11. The van der Waals surface area contributed by atoms with E-state index in [-0.39, 0.29) is 35.4 Å². The van der Waals surface area contributed by atoms with Crippen LogP contribution in [0.25, 0.3) is 11.1 Å². The van der Waals surface area contributed by atoms with Crippen molar-refractivity contribution in [3.8, 4) is 11.1 Å². The van der Waals surface area contributed by atoms with Gasteiger partial charge in [0.1, 0.15) is 11.7 Å². The molecular formula is C27H29FN4O4S. The minimum Gasteiger partial charge on any atom is -0.384 e. The molecule has 0 saturated carbocycles. The van der Waals surface area contributed by atoms with E-state index in [0.717, 1.165) is 12.3 Å². The molecule has 0 aliphatic rings. The molecule has 194 valence electrons. The summed E-state index contributed by atoms with van der Waals surface area (Å²) in [5.41, 5.74) is 7.18. The first kappa shape index (κ1) is 27.5. The van der Waals surface area contributed by atoms with Crippen molar-refractivity contribution in [2.24, 2.45) is 11.7 Å². The summed E-state index contributed by atoms with van der Waals surface area (Å²) in [6.45, 7) is 4.18. The van der Waals surface area contributed by atoms with Crippen LogP contribution in [0.1, 0.15) is 25.0 Å². The van der Waals surface area contributed by atoms with Crippen LogP contribution in [-0.2, 0) is 26.0 Å². The van der Waals surface area contributed by atoms with E-state index in [0.29, 0.717) is 22.3 Å². The van der Waals surface area contributed by atoms with Crippen molar-refractivity contribution >= 4 is 33.2 Å². The van der Waals surface area contributed by atoms with Crippen molar-refractivity contribution < 1.29 is 22.4 Å². The summed E-state index contributed by atoms with van der Waals surface area (Å²) in [7, 11) is -3.55. The topological polar surface area (TPSA) is 133 Å². The van der Waals surface area contributed by atoms with E-state index in [2.05, 4.69) is 5.32 Å². The van der Waals surface area contributed by atoms with Crippen molar-refractivity contribution in [3.63, 3.8) is 0 Å². The zero-order valence-corrected chi connectivity index (χ0v) is 21.6. The standard InChI is InChI=1S/C27H29FN4O4S/c1-17(2)15-32(16-18-7-6-8-20(13-18)25(29)30)27(34)26(33)31-23-12-11-19(14-22(23)28)21-9-4-5-10-24(21)37(3,35)36/h4-14,17H,15-16H2,1-3H3,(H3,29,30)(H,31,33). The molecule has 10 heteroatoms. The monoisotopic (exact) mass is 524 g/mol. The van der Waals surface area contributed by atoms with Crippen LogP contribution < -0.4 is 11.1 Å². The highest BCUT2D eigenvalue weighted by Gasteiger charge is 2.24. The zero-order chi connectivity index (χ0) is 27.3. The molecule has 0 fully saturated rings. The first-order chi connectivity index (χ1) is 17.4. The van der Waals surface area contributed by atoms with Crippen LogP contribution in [0, 0.1) is 17.1 Å². The van der Waals surface area contributed by atoms with Gasteiger partial charge in [0.2, 0.25) is 0 Å². The predicted molar refractivity (Wildman–Crippen MR) is 141 cm³/mol. The SMILES string of the molecule is CC(C)CN(Cc1cccc(C(=N)N)c1)C(=O)C(=O)Nc1ccc(-c2ccccc2S(C)(=O)=O)cc1F. The largest absolute Gasteiger partial charge is 0.384 e. The second kappa shape index (κ2) is 11.3. The lowest BCUT2D eigenvalue weighted by Crippen LogP contribution is -2.41. The number of rotatable bonds is 8. The summed E-state index contributed by atoms with van der Waals surface area (Å²) in [4.78, 5) is 27.2. The minimum atomic E-state index is -3.55. The van der Waals surface area contributed by atoms with E-state index in [4.69, 9.17) is 11.1 Å². The third-order valence-corrected chi connectivity index (χ3v) is 6.65. The Balaban J connectivity index is 1.82. The summed E-state index contributed by atoms with van der Waals surface area (Å²) in [6, 6.07) is 16.9. The third-order valence-electron chi connectivity index (χ3n) is 5.49. The number of carbonyl (C=O) groups excluding carboxylic acids is 2. The highest BCUT2D eigenvalue weighted by molar-refractivity contribution is 7.90. The highest BCUT2D eigenvalue weighted by atomic mass is 32.2. The van der Waals surface area contributed by atoms with Crippen LogP contribution in [0.4, 0.5) is 10.1 Å². The van der Waals surface area contributed by atoms with Gasteiger partial charge in [-0.05, 0) is 41.3 Å². The molecule has 3 rings (SSSR count). The molecule has 0 unspecified atom stereocenters. The number of nitrogens with zero attached hydrogens (tertiary/aromatic N) is 1. The van der Waals surface area contributed by atoms with Gasteiger partial charge in [-0.3, -0.25) is 15.0 Å². The second-order valence-corrected chi connectivity index (χ2v) is 11.1. The van der Waals surface area contributed by atoms with E-state index in [1.54, 1.807) is 42.5 Å². The minimum absolute atomic E-state index is 0.0543. The lowest BCUT2D eigenvalue weighted by atomic mass is 10.0. The smallest absolute Gasteiger partial charge is 0.313 e. The molecule has 0 aliphatic carbocycles. The Morgan fingerprint density at radius 3 is 2.38 bits per heavy atom. The Bertz CT molecular complexity index is 1450. The Morgan fingerprint density at radius 2 is 1.76 bits per heavy atom. The molecule has 3 aromatic carbocycles. The summed E-state index contributed by atoms with van der Waals surface area (Å²) >= 11 is 0. The normalized spacial score (nSPS) is 11.3. The fraction of sp³-hybridized carbons (Fsp3) is 0.222. The van der Waals surface area contributed by atoms with Gasteiger partial charge in [0.25, 0.3) is 0 Å². The van der Waals surface area contributed by atoms with Crippen LogP contribution in [0.2, 0.25) is 0 Å². The number of hydrogen-bond acceptors (Lipinski definition) is 5. The molecule has 0 bridgehead atoms. The predicted octanol–water partition coefficient (Wildman–Crippen LogP) is 3.80. The summed E-state index contributed by atoms with van der Waals surface area (Å²) in [6.07, 6.45) is 1.07. The maximum absolute atomic E-state index is 14.9. The molecule has 0 aliphatic heterocycles. The molecule has 4 N–H and O–H groups in total. The van der Waals surface area contributed by atoms with Crippen molar-refractivity contribution in [1.82, 2.24) is 4.90 Å². The first-order valence-electron chi connectivity index (χ1n) is 11.5. The van der Waals surface area contributed by atoms with E-state index >= 15 is 0 Å². The number of halogens is 1. The number of nitrogens with one attached hydrogen (secondary N) is 2. The summed E-state index contributed by atoms with van der Waals surface area (Å²) < 4.78 is 39.2. The average molecular weight is 525 g/mol. The number of carbonyl (C=O) groups is 2. The van der Waals surface area contributed by atoms with E-state index in [9.17, 15) is 22.4 Å². The lowest BCUT2D eigenvalue weighted by Gasteiger charge is -2.24. The van der Waals surface area contributed by atoms with Gasteiger partial charge in [0.15, 0.2) is 9.84 Å². The molecule has 0 heterocycles. The third kappa shape index (κ3) is 7.01. The maximum atomic E-state index is 14.9. The molecule has 8 nitrogen and oxygen atoms in total. The molecule has 0 saturated heterocycles. The van der Waals surface area contributed by atoms with Gasteiger partial charge in [-0.25, -0.2) is 12.8 Å². The van der Waals surface area contributed by atoms with Gasteiger partial charge in [-0.2, -0.15) is 0 Å². The van der Waals surface area contributed by atoms with Gasteiger partial charge in [-0.1, -0.05) is 56.3 Å². The van der Waals surface area contributed by atoms with Gasteiger partial charge in [0, 0.05) is 30.5 Å². The van der Waals surface area contributed by atoms with E-state index in [1.807, 2.05) is 13.8 Å². The fourth-order valence-electron chi connectivity index (χ4n) is 3.85. The zero-order valence-electron chi connectivity index (χ0n) is 20.8. The molecule has 3 aromatic rings. The number of amides is 2. The van der Waals surface area contributed by atoms with Gasteiger partial charge < -0.3 is 16.0 Å². The Kier molecular flexibility index (Phi) is 8.44. The summed E-state index contributed by atoms with van der Waals surface area (Å²) in [5.74, 6) is -2.72. The quantitative estimate of drug-likeness (QED) is 0.234. The molecule has 0 radical (unpaired) electrons. The number of nitrogen functional groups attached to an aromatic ring is 1. The Morgan fingerprint density at radius 1 is 1.05 bits per heavy atom. The fourth-order valence-corrected chi connectivity index (χ4v) is 4.76. The first-order valence-corrected chi connectivity index (χ1v) is 13.4. The number of anilines is 1. The van der Waals surface area contributed by atoms with Crippen LogP contribution in [0.3, 0.4) is 0 Å². The molecular weight excluding hydrogens is 495 g/mol. The lowest BCUT2D eigenvalue weighted by molar-refractivity contribution is -0.143. The van der Waals surface area contributed by atoms with Gasteiger partial charge >= 0.3 is 11.8 Å². The van der Waals surface area contributed by atoms with Crippen molar-refractivity contribution in [2.75, 3.05) is 18.1 Å². The Hall–Kier alpha value is -4.05. The van der Waals surface area contributed by atoms with Gasteiger partial charge in [0.05, 0.1) is 10.6 Å². The molecule has 0 spiro atoms. The van der Waals surface area contributed by atoms with Gasteiger partial charge in [-0.15, -0.1) is 0 Å². The highest BCUT2D eigenvalue weighted by Crippen LogP contribution is 2.30. The molecule has 0 atom stereocenters. The summed E-state index contributed by atoms with van der Waals surface area (Å²) in [5, 5.41) is 9.93. The van der Waals surface area contributed by atoms with Crippen molar-refractivity contribution in [2.45, 2.75) is 25.3 Å². The van der Waals surface area contributed by atoms with Crippen LogP contribution in [-0.4, -0.2) is 43.8 Å². The average Bonchev–Trinajstić information content (AvgIpc) is 2.83. The van der Waals surface area contributed by atoms with Crippen LogP contribution in [0.5, 0.6) is 0 Å². The number of amidine groups is 1. The number of nitrogens with two attached hydrogens (primary N) is 1. The van der Waals surface area contributed by atoms with Crippen molar-refractivity contribution in [1.29, 1.82) is 5.41 Å².